The van der Waals surface area contributed by atoms with E-state index < -0.39 is 11.7 Å². The van der Waals surface area contributed by atoms with Crippen molar-refractivity contribution in [3.8, 4) is 5.69 Å². The summed E-state index contributed by atoms with van der Waals surface area (Å²) in [5.41, 5.74) is 0.683. The zero-order chi connectivity index (χ0) is 15.5. The fourth-order valence-electron chi connectivity index (χ4n) is 1.87. The molecule has 1 N–H and O–H groups in total. The number of aromatic nitrogens is 3. The fraction of sp³-hybridized carbons (Fsp3) is 0.429. The third kappa shape index (κ3) is 4.04. The molecule has 0 aliphatic rings. The second-order valence-corrected chi connectivity index (χ2v) is 5.21. The third-order valence-electron chi connectivity index (χ3n) is 2.92. The molecule has 1 aromatic carbocycles. The Morgan fingerprint density at radius 1 is 1.19 bits per heavy atom. The zero-order valence-corrected chi connectivity index (χ0v) is 11.9. The Hall–Kier alpha value is -1.89. The Morgan fingerprint density at radius 3 is 2.43 bits per heavy atom. The van der Waals surface area contributed by atoms with Gasteiger partial charge in [-0.1, -0.05) is 19.1 Å². The summed E-state index contributed by atoms with van der Waals surface area (Å²) in [5.74, 6) is 0.514. The zero-order valence-electron chi connectivity index (χ0n) is 11.9. The highest BCUT2D eigenvalue weighted by Crippen LogP contribution is 2.29. The van der Waals surface area contributed by atoms with Gasteiger partial charge in [-0.2, -0.15) is 13.2 Å². The topological polar surface area (TPSA) is 42.7 Å². The minimum Gasteiger partial charge on any atom is -0.311 e. The van der Waals surface area contributed by atoms with Crippen LogP contribution in [-0.2, 0) is 12.7 Å². The second kappa shape index (κ2) is 6.26. The highest BCUT2D eigenvalue weighted by Gasteiger charge is 2.30. The molecule has 0 spiro atoms. The molecule has 2 rings (SSSR count). The molecule has 0 amide bonds. The quantitative estimate of drug-likeness (QED) is 0.922. The first-order chi connectivity index (χ1) is 9.88. The van der Waals surface area contributed by atoms with Crippen molar-refractivity contribution >= 4 is 0 Å². The summed E-state index contributed by atoms with van der Waals surface area (Å²) in [6, 6.07) is 4.87. The van der Waals surface area contributed by atoms with Crippen LogP contribution in [0.2, 0.25) is 0 Å². The lowest BCUT2D eigenvalue weighted by molar-refractivity contribution is -0.137. The van der Waals surface area contributed by atoms with E-state index in [1.165, 1.54) is 16.8 Å². The molecule has 0 aliphatic heterocycles. The number of rotatable bonds is 5. The number of halogens is 3. The predicted molar refractivity (Wildman–Crippen MR) is 72.9 cm³/mol. The van der Waals surface area contributed by atoms with Crippen LogP contribution in [0, 0.1) is 5.92 Å². The minimum absolute atomic E-state index is 0.514. The molecule has 0 saturated carbocycles. The molecule has 0 atom stereocenters. The second-order valence-electron chi connectivity index (χ2n) is 5.21. The van der Waals surface area contributed by atoms with Crippen molar-refractivity contribution in [2.45, 2.75) is 26.6 Å². The number of nitrogens with zero attached hydrogens (tertiary/aromatic N) is 3. The highest BCUT2D eigenvalue weighted by atomic mass is 19.4. The van der Waals surface area contributed by atoms with Crippen molar-refractivity contribution in [3.05, 3.63) is 41.7 Å². The Balaban J connectivity index is 2.13. The van der Waals surface area contributed by atoms with Gasteiger partial charge >= 0.3 is 6.18 Å². The summed E-state index contributed by atoms with van der Waals surface area (Å²) in [6.45, 7) is 5.60. The van der Waals surface area contributed by atoms with E-state index in [9.17, 15) is 13.2 Å². The van der Waals surface area contributed by atoms with Crippen molar-refractivity contribution in [1.82, 2.24) is 20.3 Å². The van der Waals surface area contributed by atoms with Crippen LogP contribution >= 0.6 is 0 Å². The minimum atomic E-state index is -4.33. The summed E-state index contributed by atoms with van der Waals surface area (Å²) in [5, 5.41) is 11.0. The van der Waals surface area contributed by atoms with Gasteiger partial charge in [0, 0.05) is 6.54 Å². The van der Waals surface area contributed by atoms with Crippen LogP contribution in [0.3, 0.4) is 0 Å². The standard InChI is InChI=1S/C14H17F3N4/c1-10(2)7-18-8-13-9-19-20-21(13)12-5-3-11(4-6-12)14(15,16)17/h3-6,9-10,18H,7-8H2,1-2H3. The van der Waals surface area contributed by atoms with Crippen molar-refractivity contribution in [3.63, 3.8) is 0 Å². The van der Waals surface area contributed by atoms with Gasteiger partial charge in [0.15, 0.2) is 0 Å². The SMILES string of the molecule is CC(C)CNCc1cnnn1-c1ccc(C(F)(F)F)cc1. The number of alkyl halides is 3. The van der Waals surface area contributed by atoms with E-state index in [1.807, 2.05) is 0 Å². The molecule has 0 saturated heterocycles. The molecule has 0 radical (unpaired) electrons. The van der Waals surface area contributed by atoms with E-state index in [-0.39, 0.29) is 0 Å². The molecule has 0 bridgehead atoms. The molecule has 0 fully saturated rings. The van der Waals surface area contributed by atoms with Crippen molar-refractivity contribution in [1.29, 1.82) is 0 Å². The Bertz CT molecular complexity index is 573. The van der Waals surface area contributed by atoms with E-state index in [0.717, 1.165) is 24.4 Å². The van der Waals surface area contributed by atoms with Crippen molar-refractivity contribution in [2.24, 2.45) is 5.92 Å². The van der Waals surface area contributed by atoms with E-state index in [0.29, 0.717) is 18.2 Å². The normalized spacial score (nSPS) is 12.1. The molecule has 2 aromatic rings. The molecule has 0 unspecified atom stereocenters. The Morgan fingerprint density at radius 2 is 1.86 bits per heavy atom. The lowest BCUT2D eigenvalue weighted by atomic mass is 10.2. The smallest absolute Gasteiger partial charge is 0.311 e. The van der Waals surface area contributed by atoms with Crippen LogP contribution in [-0.4, -0.2) is 21.5 Å². The molecule has 1 aromatic heterocycles. The lowest BCUT2D eigenvalue weighted by Crippen LogP contribution is -2.20. The summed E-state index contributed by atoms with van der Waals surface area (Å²) in [4.78, 5) is 0. The monoisotopic (exact) mass is 298 g/mol. The molecular weight excluding hydrogens is 281 g/mol. The molecule has 1 heterocycles. The van der Waals surface area contributed by atoms with Gasteiger partial charge < -0.3 is 5.32 Å². The van der Waals surface area contributed by atoms with Crippen LogP contribution in [0.4, 0.5) is 13.2 Å². The summed E-state index contributed by atoms with van der Waals surface area (Å²) in [6.07, 6.45) is -2.73. The van der Waals surface area contributed by atoms with Gasteiger partial charge in [-0.05, 0) is 36.7 Å². The van der Waals surface area contributed by atoms with Crippen molar-refractivity contribution in [2.75, 3.05) is 6.54 Å². The van der Waals surface area contributed by atoms with Crippen LogP contribution in [0.25, 0.3) is 5.69 Å². The van der Waals surface area contributed by atoms with Gasteiger partial charge in [0.1, 0.15) is 0 Å². The summed E-state index contributed by atoms with van der Waals surface area (Å²) in [7, 11) is 0. The summed E-state index contributed by atoms with van der Waals surface area (Å²) < 4.78 is 39.2. The number of hydrogen-bond donors (Lipinski definition) is 1. The number of benzene rings is 1. The first-order valence-corrected chi connectivity index (χ1v) is 6.66. The van der Waals surface area contributed by atoms with Gasteiger partial charge in [-0.15, -0.1) is 5.10 Å². The number of nitrogens with one attached hydrogen (secondary N) is 1. The Labute approximate surface area is 121 Å². The molecule has 21 heavy (non-hydrogen) atoms. The molecular formula is C14H17F3N4. The van der Waals surface area contributed by atoms with Gasteiger partial charge in [-0.25, -0.2) is 4.68 Å². The predicted octanol–water partition coefficient (Wildman–Crippen LogP) is 3.03. The Kier molecular flexibility index (Phi) is 4.62. The van der Waals surface area contributed by atoms with Crippen molar-refractivity contribution < 1.29 is 13.2 Å². The van der Waals surface area contributed by atoms with Crippen LogP contribution < -0.4 is 5.32 Å². The van der Waals surface area contributed by atoms with E-state index in [4.69, 9.17) is 0 Å². The molecule has 7 heteroatoms. The van der Waals surface area contributed by atoms with E-state index in [2.05, 4.69) is 29.5 Å². The molecule has 114 valence electrons. The maximum Gasteiger partial charge on any atom is 0.416 e. The van der Waals surface area contributed by atoms with Gasteiger partial charge in [0.05, 0.1) is 23.1 Å². The maximum atomic E-state index is 12.5. The fourth-order valence-corrected chi connectivity index (χ4v) is 1.87. The average molecular weight is 298 g/mol. The average Bonchev–Trinajstić information content (AvgIpc) is 2.86. The first kappa shape index (κ1) is 15.5. The lowest BCUT2D eigenvalue weighted by Gasteiger charge is -2.10. The van der Waals surface area contributed by atoms with Crippen LogP contribution in [0.1, 0.15) is 25.1 Å². The van der Waals surface area contributed by atoms with Gasteiger partial charge in [-0.3, -0.25) is 0 Å². The van der Waals surface area contributed by atoms with E-state index >= 15 is 0 Å². The molecule has 4 nitrogen and oxygen atoms in total. The third-order valence-corrected chi connectivity index (χ3v) is 2.92. The van der Waals surface area contributed by atoms with Gasteiger partial charge in [0.25, 0.3) is 0 Å². The number of hydrogen-bond acceptors (Lipinski definition) is 3. The maximum absolute atomic E-state index is 12.5. The van der Waals surface area contributed by atoms with Crippen LogP contribution in [0.5, 0.6) is 0 Å². The van der Waals surface area contributed by atoms with Gasteiger partial charge in [0.2, 0.25) is 0 Å². The first-order valence-electron chi connectivity index (χ1n) is 6.66. The molecule has 0 aliphatic carbocycles. The highest BCUT2D eigenvalue weighted by molar-refractivity contribution is 5.35. The van der Waals surface area contributed by atoms with E-state index in [1.54, 1.807) is 6.20 Å². The van der Waals surface area contributed by atoms with Crippen LogP contribution in [0.15, 0.2) is 30.5 Å². The summed E-state index contributed by atoms with van der Waals surface area (Å²) >= 11 is 0. The largest absolute Gasteiger partial charge is 0.416 e.